The Bertz CT molecular complexity index is 430. The first-order chi connectivity index (χ1) is 7.78. The average molecular weight is 244 g/mol. The predicted octanol–water partition coefficient (Wildman–Crippen LogP) is 3.42. The van der Waals surface area contributed by atoms with Crippen LogP contribution in [0.2, 0.25) is 0 Å². The summed E-state index contributed by atoms with van der Waals surface area (Å²) in [5.74, 6) is -1.38. The van der Waals surface area contributed by atoms with E-state index in [2.05, 4.69) is 0 Å². The van der Waals surface area contributed by atoms with E-state index < -0.39 is 18.6 Å². The topological polar surface area (TPSA) is 37.3 Å². The Morgan fingerprint density at radius 3 is 2.24 bits per heavy atom. The number of carbonyl (C=O) groups is 1. The SMILES string of the molecule is Cc1ccc(/C(=C/C(=O)O)CC(F)(F)F)cc1. The molecule has 1 rings (SSSR count). The van der Waals surface area contributed by atoms with Crippen LogP contribution < -0.4 is 0 Å². The third-order valence-corrected chi connectivity index (χ3v) is 2.11. The van der Waals surface area contributed by atoms with Gasteiger partial charge in [-0.3, -0.25) is 0 Å². The lowest BCUT2D eigenvalue weighted by molar-refractivity contribution is -0.131. The smallest absolute Gasteiger partial charge is 0.393 e. The van der Waals surface area contributed by atoms with E-state index in [9.17, 15) is 18.0 Å². The van der Waals surface area contributed by atoms with Gasteiger partial charge in [0, 0.05) is 6.08 Å². The number of halogens is 3. The number of aryl methyl sites for hydroxylation is 1. The maximum absolute atomic E-state index is 12.3. The van der Waals surface area contributed by atoms with Crippen LogP contribution in [0.3, 0.4) is 0 Å². The van der Waals surface area contributed by atoms with Gasteiger partial charge in [0.2, 0.25) is 0 Å². The molecule has 0 radical (unpaired) electrons. The number of carboxylic acids is 1. The third kappa shape index (κ3) is 4.72. The molecule has 0 bridgehead atoms. The first kappa shape index (κ1) is 13.3. The van der Waals surface area contributed by atoms with Gasteiger partial charge in [0.05, 0.1) is 6.42 Å². The van der Waals surface area contributed by atoms with Crippen molar-refractivity contribution in [3.05, 3.63) is 41.5 Å². The van der Waals surface area contributed by atoms with Crippen molar-refractivity contribution in [2.45, 2.75) is 19.5 Å². The van der Waals surface area contributed by atoms with Crippen molar-refractivity contribution in [3.8, 4) is 0 Å². The van der Waals surface area contributed by atoms with E-state index in [1.54, 1.807) is 19.1 Å². The molecule has 0 amide bonds. The average Bonchev–Trinajstić information content (AvgIpc) is 2.14. The minimum atomic E-state index is -4.42. The van der Waals surface area contributed by atoms with Crippen molar-refractivity contribution in [1.82, 2.24) is 0 Å². The number of hydrogen-bond donors (Lipinski definition) is 1. The maximum Gasteiger partial charge on any atom is 0.393 e. The van der Waals surface area contributed by atoms with E-state index in [4.69, 9.17) is 5.11 Å². The van der Waals surface area contributed by atoms with Crippen molar-refractivity contribution in [3.63, 3.8) is 0 Å². The lowest BCUT2D eigenvalue weighted by Crippen LogP contribution is -2.09. The molecule has 1 aromatic carbocycles. The highest BCUT2D eigenvalue weighted by Gasteiger charge is 2.29. The van der Waals surface area contributed by atoms with Gasteiger partial charge in [-0.25, -0.2) is 4.79 Å². The lowest BCUT2D eigenvalue weighted by Gasteiger charge is -2.10. The molecule has 5 heteroatoms. The van der Waals surface area contributed by atoms with Crippen molar-refractivity contribution in [1.29, 1.82) is 0 Å². The van der Waals surface area contributed by atoms with Crippen molar-refractivity contribution in [2.24, 2.45) is 0 Å². The molecule has 2 nitrogen and oxygen atoms in total. The molecule has 0 aliphatic rings. The highest BCUT2D eigenvalue weighted by Crippen LogP contribution is 2.30. The lowest BCUT2D eigenvalue weighted by atomic mass is 10.0. The van der Waals surface area contributed by atoms with Crippen LogP contribution in [0, 0.1) is 6.92 Å². The molecule has 0 aliphatic carbocycles. The molecular formula is C12H11F3O2. The summed E-state index contributed by atoms with van der Waals surface area (Å²) in [6.45, 7) is 1.80. The molecule has 0 atom stereocenters. The minimum absolute atomic E-state index is 0.245. The second-order valence-corrected chi connectivity index (χ2v) is 3.67. The minimum Gasteiger partial charge on any atom is -0.478 e. The van der Waals surface area contributed by atoms with Crippen LogP contribution >= 0.6 is 0 Å². The Kier molecular flexibility index (Phi) is 3.93. The number of hydrogen-bond acceptors (Lipinski definition) is 1. The maximum atomic E-state index is 12.3. The fourth-order valence-electron chi connectivity index (χ4n) is 1.37. The largest absolute Gasteiger partial charge is 0.478 e. The van der Waals surface area contributed by atoms with Gasteiger partial charge in [-0.15, -0.1) is 0 Å². The fraction of sp³-hybridized carbons (Fsp3) is 0.250. The van der Waals surface area contributed by atoms with E-state index >= 15 is 0 Å². The van der Waals surface area contributed by atoms with Gasteiger partial charge < -0.3 is 5.11 Å². The number of aliphatic carboxylic acids is 1. The second-order valence-electron chi connectivity index (χ2n) is 3.67. The van der Waals surface area contributed by atoms with Crippen LogP contribution in [0.4, 0.5) is 13.2 Å². The van der Waals surface area contributed by atoms with Crippen LogP contribution in [0.5, 0.6) is 0 Å². The summed E-state index contributed by atoms with van der Waals surface area (Å²) in [7, 11) is 0. The van der Waals surface area contributed by atoms with E-state index in [1.807, 2.05) is 0 Å². The molecular weight excluding hydrogens is 233 g/mol. The van der Waals surface area contributed by atoms with Gasteiger partial charge in [0.1, 0.15) is 0 Å². The van der Waals surface area contributed by atoms with Crippen molar-refractivity contribution in [2.75, 3.05) is 0 Å². The van der Waals surface area contributed by atoms with Gasteiger partial charge >= 0.3 is 12.1 Å². The zero-order chi connectivity index (χ0) is 13.1. The number of alkyl halides is 3. The summed E-state index contributed by atoms with van der Waals surface area (Å²) >= 11 is 0. The molecule has 92 valence electrons. The summed E-state index contributed by atoms with van der Waals surface area (Å²) in [5.41, 5.74) is 0.927. The van der Waals surface area contributed by atoms with E-state index in [-0.39, 0.29) is 11.1 Å². The predicted molar refractivity (Wildman–Crippen MR) is 57.5 cm³/mol. The summed E-state index contributed by atoms with van der Waals surface area (Å²) in [6, 6.07) is 6.24. The highest BCUT2D eigenvalue weighted by molar-refractivity contribution is 5.90. The van der Waals surface area contributed by atoms with E-state index in [1.165, 1.54) is 12.1 Å². The summed E-state index contributed by atoms with van der Waals surface area (Å²) in [5, 5.41) is 8.55. The Morgan fingerprint density at radius 2 is 1.82 bits per heavy atom. The van der Waals surface area contributed by atoms with Gasteiger partial charge in [-0.05, 0) is 18.1 Å². The quantitative estimate of drug-likeness (QED) is 0.827. The second kappa shape index (κ2) is 5.03. The normalized spacial score (nSPS) is 12.6. The van der Waals surface area contributed by atoms with Crippen LogP contribution in [0.1, 0.15) is 17.5 Å². The Labute approximate surface area is 96.4 Å². The summed E-state index contributed by atoms with van der Waals surface area (Å²) < 4.78 is 36.9. The highest BCUT2D eigenvalue weighted by atomic mass is 19.4. The monoisotopic (exact) mass is 244 g/mol. The van der Waals surface area contributed by atoms with Crippen LogP contribution in [-0.2, 0) is 4.79 Å². The zero-order valence-corrected chi connectivity index (χ0v) is 9.08. The number of carboxylic acid groups (broad SMARTS) is 1. The van der Waals surface area contributed by atoms with Crippen molar-refractivity contribution < 1.29 is 23.1 Å². The van der Waals surface area contributed by atoms with Gasteiger partial charge in [-0.2, -0.15) is 13.2 Å². The zero-order valence-electron chi connectivity index (χ0n) is 9.08. The van der Waals surface area contributed by atoms with Gasteiger partial charge in [0.15, 0.2) is 0 Å². The van der Waals surface area contributed by atoms with Crippen molar-refractivity contribution >= 4 is 11.5 Å². The molecule has 0 unspecified atom stereocenters. The Balaban J connectivity index is 3.07. The molecule has 17 heavy (non-hydrogen) atoms. The summed E-state index contributed by atoms with van der Waals surface area (Å²) in [4.78, 5) is 10.5. The molecule has 0 aliphatic heterocycles. The van der Waals surface area contributed by atoms with Crippen LogP contribution in [0.25, 0.3) is 5.57 Å². The van der Waals surface area contributed by atoms with Crippen LogP contribution in [-0.4, -0.2) is 17.3 Å². The van der Waals surface area contributed by atoms with E-state index in [0.717, 1.165) is 5.56 Å². The number of benzene rings is 1. The molecule has 1 aromatic rings. The molecule has 0 saturated heterocycles. The Hall–Kier alpha value is -1.78. The third-order valence-electron chi connectivity index (χ3n) is 2.11. The van der Waals surface area contributed by atoms with Gasteiger partial charge in [-0.1, -0.05) is 29.8 Å². The molecule has 1 N–H and O–H groups in total. The summed E-state index contributed by atoms with van der Waals surface area (Å²) in [6.07, 6.45) is -5.08. The fourth-order valence-corrected chi connectivity index (χ4v) is 1.37. The molecule has 0 saturated carbocycles. The molecule has 0 heterocycles. The molecule has 0 aromatic heterocycles. The first-order valence-electron chi connectivity index (χ1n) is 4.85. The number of allylic oxidation sites excluding steroid dienone is 1. The molecule has 0 spiro atoms. The number of rotatable bonds is 3. The standard InChI is InChI=1S/C12H11F3O2/c1-8-2-4-9(5-3-8)10(6-11(16)17)7-12(13,14)15/h2-6H,7H2,1H3,(H,16,17)/b10-6+. The Morgan fingerprint density at radius 1 is 1.29 bits per heavy atom. The first-order valence-corrected chi connectivity index (χ1v) is 4.85. The van der Waals surface area contributed by atoms with Crippen LogP contribution in [0.15, 0.2) is 30.3 Å². The van der Waals surface area contributed by atoms with E-state index in [0.29, 0.717) is 6.08 Å². The van der Waals surface area contributed by atoms with Gasteiger partial charge in [0.25, 0.3) is 0 Å². The molecule has 0 fully saturated rings.